The number of nitrogens with one attached hydrogen (secondary N) is 2. The van der Waals surface area contributed by atoms with Crippen molar-refractivity contribution in [3.63, 3.8) is 0 Å². The van der Waals surface area contributed by atoms with Crippen LogP contribution in [-0.4, -0.2) is 29.5 Å². The summed E-state index contributed by atoms with van der Waals surface area (Å²) in [7, 11) is 0. The molecular weight excluding hydrogens is 367 g/mol. The van der Waals surface area contributed by atoms with E-state index in [1.165, 1.54) is 12.1 Å². The van der Waals surface area contributed by atoms with Crippen LogP contribution in [0.2, 0.25) is 0 Å². The first-order chi connectivity index (χ1) is 13.4. The molecule has 0 aliphatic carbocycles. The topological polar surface area (TPSA) is 105 Å². The minimum absolute atomic E-state index is 0.144. The molecular formula is C20H17FN2O5. The molecule has 8 heteroatoms. The van der Waals surface area contributed by atoms with E-state index < -0.39 is 35.6 Å². The van der Waals surface area contributed by atoms with E-state index >= 15 is 0 Å². The summed E-state index contributed by atoms with van der Waals surface area (Å²) in [4.78, 5) is 36.6. The number of hydrogen-bond donors (Lipinski definition) is 3. The molecule has 7 nitrogen and oxygen atoms in total. The van der Waals surface area contributed by atoms with Crippen LogP contribution in [0.3, 0.4) is 0 Å². The quantitative estimate of drug-likeness (QED) is 0.749. The summed E-state index contributed by atoms with van der Waals surface area (Å²) in [6, 6.07) is 7.49. The molecule has 3 N–H and O–H groups in total. The molecule has 4 rings (SSSR count). The second kappa shape index (κ2) is 6.95. The van der Waals surface area contributed by atoms with E-state index in [-0.39, 0.29) is 12.1 Å². The van der Waals surface area contributed by atoms with E-state index in [0.29, 0.717) is 29.9 Å². The van der Waals surface area contributed by atoms with Gasteiger partial charge in [0.15, 0.2) is 6.04 Å². The summed E-state index contributed by atoms with van der Waals surface area (Å²) in [6.45, 7) is 0.535. The van der Waals surface area contributed by atoms with Crippen LogP contribution in [0.15, 0.2) is 36.4 Å². The Labute approximate surface area is 159 Å². The van der Waals surface area contributed by atoms with Crippen molar-refractivity contribution >= 4 is 23.5 Å². The number of anilines is 1. The van der Waals surface area contributed by atoms with Crippen LogP contribution in [-0.2, 0) is 20.8 Å². The second-order valence-corrected chi connectivity index (χ2v) is 6.78. The fraction of sp³-hybridized carbons (Fsp3) is 0.250. The summed E-state index contributed by atoms with van der Waals surface area (Å²) < 4.78 is 18.9. The monoisotopic (exact) mass is 384 g/mol. The summed E-state index contributed by atoms with van der Waals surface area (Å²) >= 11 is 0. The van der Waals surface area contributed by atoms with Crippen molar-refractivity contribution in [3.05, 3.63) is 58.9 Å². The van der Waals surface area contributed by atoms with Gasteiger partial charge in [0.05, 0.1) is 12.5 Å². The Morgan fingerprint density at radius 3 is 2.86 bits per heavy atom. The Kier molecular flexibility index (Phi) is 4.46. The first-order valence-corrected chi connectivity index (χ1v) is 8.80. The Morgan fingerprint density at radius 1 is 1.25 bits per heavy atom. The highest BCUT2D eigenvalue weighted by molar-refractivity contribution is 6.01. The van der Waals surface area contributed by atoms with E-state index in [1.807, 2.05) is 0 Å². The first kappa shape index (κ1) is 18.0. The summed E-state index contributed by atoms with van der Waals surface area (Å²) in [6.07, 6.45) is 0.528. The average Bonchev–Trinajstić information content (AvgIpc) is 3.12. The summed E-state index contributed by atoms with van der Waals surface area (Å²) in [5.41, 5.74) is 1.98. The third kappa shape index (κ3) is 3.28. The van der Waals surface area contributed by atoms with Crippen molar-refractivity contribution in [2.75, 3.05) is 11.9 Å². The minimum atomic E-state index is -1.27. The fourth-order valence-electron chi connectivity index (χ4n) is 3.59. The van der Waals surface area contributed by atoms with Gasteiger partial charge in [-0.25, -0.2) is 9.18 Å². The molecule has 2 amide bonds. The number of benzene rings is 2. The molecule has 2 aromatic carbocycles. The van der Waals surface area contributed by atoms with Crippen LogP contribution in [0.5, 0.6) is 5.75 Å². The van der Waals surface area contributed by atoms with E-state index in [9.17, 15) is 23.9 Å². The molecule has 0 fully saturated rings. The number of halogens is 1. The molecule has 0 radical (unpaired) electrons. The average molecular weight is 384 g/mol. The lowest BCUT2D eigenvalue weighted by Crippen LogP contribution is -2.39. The number of amides is 2. The lowest BCUT2D eigenvalue weighted by molar-refractivity contribution is -0.142. The Morgan fingerprint density at radius 2 is 2.07 bits per heavy atom. The molecule has 0 aromatic heterocycles. The van der Waals surface area contributed by atoms with Gasteiger partial charge < -0.3 is 20.5 Å². The Hall–Kier alpha value is -3.42. The zero-order chi connectivity index (χ0) is 19.8. The molecule has 28 heavy (non-hydrogen) atoms. The van der Waals surface area contributed by atoms with Crippen molar-refractivity contribution in [3.8, 4) is 5.75 Å². The van der Waals surface area contributed by atoms with Crippen LogP contribution >= 0.6 is 0 Å². The van der Waals surface area contributed by atoms with Gasteiger partial charge >= 0.3 is 5.97 Å². The molecule has 2 heterocycles. The second-order valence-electron chi connectivity index (χ2n) is 6.78. The van der Waals surface area contributed by atoms with Crippen molar-refractivity contribution in [1.82, 2.24) is 5.32 Å². The highest BCUT2D eigenvalue weighted by Gasteiger charge is 2.34. The van der Waals surface area contributed by atoms with Crippen LogP contribution in [0.25, 0.3) is 0 Å². The molecule has 0 saturated carbocycles. The van der Waals surface area contributed by atoms with Crippen LogP contribution < -0.4 is 15.4 Å². The molecule has 2 atom stereocenters. The van der Waals surface area contributed by atoms with E-state index in [2.05, 4.69) is 10.6 Å². The zero-order valence-corrected chi connectivity index (χ0v) is 14.7. The van der Waals surface area contributed by atoms with Crippen LogP contribution in [0, 0.1) is 5.82 Å². The van der Waals surface area contributed by atoms with Gasteiger partial charge in [-0.2, -0.15) is 0 Å². The zero-order valence-electron chi connectivity index (χ0n) is 14.7. The van der Waals surface area contributed by atoms with Gasteiger partial charge in [0.2, 0.25) is 11.8 Å². The van der Waals surface area contributed by atoms with Gasteiger partial charge in [0.1, 0.15) is 11.6 Å². The summed E-state index contributed by atoms with van der Waals surface area (Å²) in [5.74, 6) is -2.98. The van der Waals surface area contributed by atoms with Crippen LogP contribution in [0.4, 0.5) is 10.1 Å². The maximum atomic E-state index is 13.5. The Bertz CT molecular complexity index is 991. The molecule has 2 aliphatic heterocycles. The fourth-order valence-corrected chi connectivity index (χ4v) is 3.59. The van der Waals surface area contributed by atoms with Crippen LogP contribution in [0.1, 0.15) is 35.1 Å². The van der Waals surface area contributed by atoms with Gasteiger partial charge in [0, 0.05) is 18.5 Å². The maximum Gasteiger partial charge on any atom is 0.330 e. The minimum Gasteiger partial charge on any atom is -0.493 e. The highest BCUT2D eigenvalue weighted by atomic mass is 19.1. The first-order valence-electron chi connectivity index (χ1n) is 8.80. The number of ether oxygens (including phenoxy) is 1. The van der Waals surface area contributed by atoms with E-state index in [1.54, 1.807) is 18.2 Å². The predicted octanol–water partition coefficient (Wildman–Crippen LogP) is 2.13. The Balaban J connectivity index is 1.61. The van der Waals surface area contributed by atoms with Crippen molar-refractivity contribution in [2.45, 2.75) is 24.8 Å². The van der Waals surface area contributed by atoms with Gasteiger partial charge in [-0.15, -0.1) is 0 Å². The molecule has 2 aliphatic rings. The predicted molar refractivity (Wildman–Crippen MR) is 96.5 cm³/mol. The third-order valence-corrected chi connectivity index (χ3v) is 4.95. The van der Waals surface area contributed by atoms with E-state index in [4.69, 9.17) is 4.74 Å². The molecule has 2 aromatic rings. The summed E-state index contributed by atoms with van der Waals surface area (Å²) in [5, 5.41) is 14.7. The normalized spacial score (nSPS) is 18.3. The molecule has 144 valence electrons. The van der Waals surface area contributed by atoms with Crippen molar-refractivity contribution in [1.29, 1.82) is 0 Å². The molecule has 0 spiro atoms. The van der Waals surface area contributed by atoms with Gasteiger partial charge in [-0.05, 0) is 41.0 Å². The molecule has 0 saturated heterocycles. The number of rotatable bonds is 4. The number of carboxylic acid groups (broad SMARTS) is 1. The number of fused-ring (bicyclic) bond motifs is 2. The molecule has 2 unspecified atom stereocenters. The maximum absolute atomic E-state index is 13.5. The lowest BCUT2D eigenvalue weighted by atomic mass is 9.89. The van der Waals surface area contributed by atoms with Crippen molar-refractivity contribution < 1.29 is 28.6 Å². The number of carbonyl (C=O) groups is 3. The van der Waals surface area contributed by atoms with Gasteiger partial charge in [0.25, 0.3) is 0 Å². The largest absolute Gasteiger partial charge is 0.493 e. The number of hydrogen-bond acceptors (Lipinski definition) is 4. The SMILES string of the molecule is O=C1CC(C(=O)NC(C(=O)O)c2ccc3c(c2)CCO3)c2ccc(F)cc2N1. The number of carbonyl (C=O) groups excluding carboxylic acids is 2. The van der Waals surface area contributed by atoms with E-state index in [0.717, 1.165) is 11.6 Å². The smallest absolute Gasteiger partial charge is 0.330 e. The third-order valence-electron chi connectivity index (χ3n) is 4.95. The molecule has 0 bridgehead atoms. The number of carboxylic acids is 1. The lowest BCUT2D eigenvalue weighted by Gasteiger charge is -2.26. The van der Waals surface area contributed by atoms with Gasteiger partial charge in [-0.1, -0.05) is 12.1 Å². The van der Waals surface area contributed by atoms with Gasteiger partial charge in [-0.3, -0.25) is 9.59 Å². The standard InChI is InChI=1S/C20H17FN2O5/c21-12-2-3-13-14(9-17(24)22-15(13)8-12)19(25)23-18(20(26)27)11-1-4-16-10(7-11)5-6-28-16/h1-4,7-8,14,18H,5-6,9H2,(H,22,24)(H,23,25)(H,26,27). The van der Waals surface area contributed by atoms with Crippen molar-refractivity contribution in [2.24, 2.45) is 0 Å². The number of aliphatic carboxylic acids is 1. The highest BCUT2D eigenvalue weighted by Crippen LogP contribution is 2.34.